The van der Waals surface area contributed by atoms with E-state index in [2.05, 4.69) is 0 Å². The molecule has 0 radical (unpaired) electrons. The molecule has 0 saturated heterocycles. The molecule has 1 fully saturated rings. The van der Waals surface area contributed by atoms with Gasteiger partial charge >= 0.3 is 0 Å². The van der Waals surface area contributed by atoms with Gasteiger partial charge in [-0.2, -0.15) is 0 Å². The van der Waals surface area contributed by atoms with E-state index in [4.69, 9.17) is 9.78 Å². The zero-order chi connectivity index (χ0) is 10.1. The maximum Gasteiger partial charge on any atom is 0.121 e. The van der Waals surface area contributed by atoms with Gasteiger partial charge in [0.15, 0.2) is 0 Å². The Hall–Kier alpha value is -0.160. The molecule has 1 rings (SSSR count). The first-order chi connectivity index (χ1) is 5.90. The summed E-state index contributed by atoms with van der Waals surface area (Å²) >= 11 is 0. The fraction of sp³-hybridized carbons (Fsp3) is 1.00. The number of aliphatic hydroxyl groups is 2. The van der Waals surface area contributed by atoms with Crippen molar-refractivity contribution in [1.29, 1.82) is 0 Å². The number of hydrogen-bond donors (Lipinski definition) is 2. The topological polar surface area (TPSA) is 58.9 Å². The molecule has 0 aliphatic heterocycles. The van der Waals surface area contributed by atoms with E-state index in [1.54, 1.807) is 0 Å². The highest BCUT2D eigenvalue weighted by molar-refractivity contribution is 4.84. The zero-order valence-corrected chi connectivity index (χ0v) is 8.36. The first kappa shape index (κ1) is 10.9. The lowest BCUT2D eigenvalue weighted by atomic mass is 10.2. The summed E-state index contributed by atoms with van der Waals surface area (Å²) in [5.41, 5.74) is -0.382. The van der Waals surface area contributed by atoms with Crippen molar-refractivity contribution in [3.05, 3.63) is 0 Å². The fourth-order valence-corrected chi connectivity index (χ4v) is 1.24. The average Bonchev–Trinajstić information content (AvgIpc) is 2.29. The van der Waals surface area contributed by atoms with Gasteiger partial charge in [-0.3, -0.25) is 0 Å². The van der Waals surface area contributed by atoms with Gasteiger partial charge in [0, 0.05) is 0 Å². The third-order valence-electron chi connectivity index (χ3n) is 1.94. The maximum atomic E-state index is 9.40. The lowest BCUT2D eigenvalue weighted by molar-refractivity contribution is -0.381. The van der Waals surface area contributed by atoms with Crippen molar-refractivity contribution in [1.82, 2.24) is 0 Å². The Morgan fingerprint density at radius 3 is 2.15 bits per heavy atom. The summed E-state index contributed by atoms with van der Waals surface area (Å²) in [7, 11) is 0. The highest BCUT2D eigenvalue weighted by atomic mass is 17.2. The molecular weight excluding hydrogens is 172 g/mol. The van der Waals surface area contributed by atoms with Crippen LogP contribution in [0, 0.1) is 0 Å². The molecule has 3 atom stereocenters. The molecule has 1 aliphatic carbocycles. The van der Waals surface area contributed by atoms with E-state index in [-0.39, 0.29) is 5.60 Å². The van der Waals surface area contributed by atoms with Crippen molar-refractivity contribution >= 4 is 0 Å². The van der Waals surface area contributed by atoms with Crippen LogP contribution < -0.4 is 0 Å². The van der Waals surface area contributed by atoms with Crippen molar-refractivity contribution in [3.8, 4) is 0 Å². The highest BCUT2D eigenvalue weighted by Crippen LogP contribution is 2.24. The lowest BCUT2D eigenvalue weighted by Gasteiger charge is -2.22. The Kier molecular flexibility index (Phi) is 3.29. The summed E-state index contributed by atoms with van der Waals surface area (Å²) in [5.74, 6) is 0. The van der Waals surface area contributed by atoms with Crippen LogP contribution in [-0.4, -0.2) is 34.1 Å². The quantitative estimate of drug-likeness (QED) is 0.495. The van der Waals surface area contributed by atoms with Crippen molar-refractivity contribution < 1.29 is 20.0 Å². The lowest BCUT2D eigenvalue weighted by Crippen LogP contribution is -2.33. The van der Waals surface area contributed by atoms with Crippen LogP contribution >= 0.6 is 0 Å². The van der Waals surface area contributed by atoms with Gasteiger partial charge in [0.05, 0.1) is 11.7 Å². The molecule has 13 heavy (non-hydrogen) atoms. The molecule has 0 spiro atoms. The molecule has 0 aromatic heterocycles. The SMILES string of the molecule is CC(C)(C)OO[C@@H]1CC[C@H](O)[C@H]1O. The minimum Gasteiger partial charge on any atom is -0.390 e. The van der Waals surface area contributed by atoms with Gasteiger partial charge in [0.2, 0.25) is 0 Å². The van der Waals surface area contributed by atoms with Gasteiger partial charge in [0.25, 0.3) is 0 Å². The first-order valence-corrected chi connectivity index (χ1v) is 4.61. The molecule has 0 bridgehead atoms. The van der Waals surface area contributed by atoms with Gasteiger partial charge in [-0.15, -0.1) is 0 Å². The van der Waals surface area contributed by atoms with Crippen LogP contribution in [0.1, 0.15) is 33.6 Å². The summed E-state index contributed by atoms with van der Waals surface area (Å²) in [6, 6.07) is 0. The Morgan fingerprint density at radius 2 is 1.77 bits per heavy atom. The molecule has 4 nitrogen and oxygen atoms in total. The van der Waals surface area contributed by atoms with Gasteiger partial charge < -0.3 is 10.2 Å². The van der Waals surface area contributed by atoms with Gasteiger partial charge in [-0.1, -0.05) is 0 Å². The van der Waals surface area contributed by atoms with Crippen molar-refractivity contribution in [2.75, 3.05) is 0 Å². The minimum absolute atomic E-state index is 0.382. The summed E-state index contributed by atoms with van der Waals surface area (Å²) in [6.07, 6.45) is -0.678. The molecule has 1 aliphatic rings. The highest BCUT2D eigenvalue weighted by Gasteiger charge is 2.35. The molecule has 2 N–H and O–H groups in total. The molecule has 0 aromatic rings. The second kappa shape index (κ2) is 3.92. The van der Waals surface area contributed by atoms with Crippen LogP contribution in [-0.2, 0) is 9.78 Å². The largest absolute Gasteiger partial charge is 0.390 e. The third kappa shape index (κ3) is 3.23. The Labute approximate surface area is 78.4 Å². The second-order valence-corrected chi connectivity index (χ2v) is 4.47. The number of aliphatic hydroxyl groups excluding tert-OH is 2. The Balaban J connectivity index is 2.30. The van der Waals surface area contributed by atoms with E-state index < -0.39 is 18.3 Å². The Morgan fingerprint density at radius 1 is 1.15 bits per heavy atom. The first-order valence-electron chi connectivity index (χ1n) is 4.61. The minimum atomic E-state index is -0.817. The van der Waals surface area contributed by atoms with E-state index in [0.717, 1.165) is 0 Å². The van der Waals surface area contributed by atoms with Crippen LogP contribution in [0.5, 0.6) is 0 Å². The van der Waals surface area contributed by atoms with E-state index >= 15 is 0 Å². The standard InChI is InChI=1S/C9H18O4/c1-9(2,3)13-12-7-5-4-6(10)8(7)11/h6-8,10-11H,4-5H2,1-3H3/t6-,7+,8+/m0/s1. The zero-order valence-electron chi connectivity index (χ0n) is 8.36. The predicted octanol–water partition coefficient (Wildman–Crippen LogP) is 0.617. The predicted molar refractivity (Wildman–Crippen MR) is 47.0 cm³/mol. The van der Waals surface area contributed by atoms with Crippen LogP contribution in [0.15, 0.2) is 0 Å². The molecule has 4 heteroatoms. The van der Waals surface area contributed by atoms with Gasteiger partial charge in [-0.25, -0.2) is 9.78 Å². The molecule has 0 aromatic carbocycles. The summed E-state index contributed by atoms with van der Waals surface area (Å²) < 4.78 is 0. The monoisotopic (exact) mass is 190 g/mol. The molecule has 0 amide bonds. The van der Waals surface area contributed by atoms with Crippen molar-refractivity contribution in [2.24, 2.45) is 0 Å². The molecular formula is C9H18O4. The molecule has 78 valence electrons. The average molecular weight is 190 g/mol. The van der Waals surface area contributed by atoms with E-state index in [9.17, 15) is 10.2 Å². The summed E-state index contributed by atoms with van der Waals surface area (Å²) in [6.45, 7) is 5.60. The van der Waals surface area contributed by atoms with E-state index in [1.165, 1.54) is 0 Å². The van der Waals surface area contributed by atoms with Crippen LogP contribution in [0.4, 0.5) is 0 Å². The van der Waals surface area contributed by atoms with Gasteiger partial charge in [0.1, 0.15) is 12.2 Å². The number of rotatable bonds is 2. The molecule has 0 heterocycles. The third-order valence-corrected chi connectivity index (χ3v) is 1.94. The van der Waals surface area contributed by atoms with Crippen LogP contribution in [0.3, 0.4) is 0 Å². The van der Waals surface area contributed by atoms with Crippen LogP contribution in [0.25, 0.3) is 0 Å². The van der Waals surface area contributed by atoms with E-state index in [1.807, 2.05) is 20.8 Å². The summed E-state index contributed by atoms with van der Waals surface area (Å²) in [5, 5.41) is 18.6. The van der Waals surface area contributed by atoms with Crippen molar-refractivity contribution in [3.63, 3.8) is 0 Å². The van der Waals surface area contributed by atoms with Crippen LogP contribution in [0.2, 0.25) is 0 Å². The number of hydrogen-bond acceptors (Lipinski definition) is 4. The van der Waals surface area contributed by atoms with E-state index in [0.29, 0.717) is 12.8 Å². The smallest absolute Gasteiger partial charge is 0.121 e. The normalized spacial score (nSPS) is 35.3. The summed E-state index contributed by atoms with van der Waals surface area (Å²) in [4.78, 5) is 10.1. The second-order valence-electron chi connectivity index (χ2n) is 4.47. The molecule has 0 unspecified atom stereocenters. The molecule has 1 saturated carbocycles. The fourth-order valence-electron chi connectivity index (χ4n) is 1.24. The Bertz CT molecular complexity index is 163. The van der Waals surface area contributed by atoms with Crippen molar-refractivity contribution in [2.45, 2.75) is 57.5 Å². The maximum absolute atomic E-state index is 9.40. The van der Waals surface area contributed by atoms with Gasteiger partial charge in [-0.05, 0) is 33.6 Å².